The van der Waals surface area contributed by atoms with E-state index in [1.807, 2.05) is 0 Å². The molecule has 0 bridgehead atoms. The minimum atomic E-state index is -3.77. The molecule has 0 atom stereocenters. The van der Waals surface area contributed by atoms with Crippen molar-refractivity contribution in [2.75, 3.05) is 11.3 Å². The third kappa shape index (κ3) is 2.58. The van der Waals surface area contributed by atoms with Crippen LogP contribution >= 0.6 is 0 Å². The van der Waals surface area contributed by atoms with Gasteiger partial charge in [0, 0.05) is 11.5 Å². The highest BCUT2D eigenvalue weighted by Gasteiger charge is 2.34. The lowest BCUT2D eigenvalue weighted by Crippen LogP contribution is -2.33. The van der Waals surface area contributed by atoms with Gasteiger partial charge >= 0.3 is 0 Å². The highest BCUT2D eigenvalue weighted by molar-refractivity contribution is 7.92. The van der Waals surface area contributed by atoms with E-state index in [-0.39, 0.29) is 10.3 Å². The predicted molar refractivity (Wildman–Crippen MR) is 82.8 cm³/mol. The van der Waals surface area contributed by atoms with E-state index >= 15 is 0 Å². The minimum Gasteiger partial charge on any atom is -0.476 e. The van der Waals surface area contributed by atoms with Gasteiger partial charge in [-0.1, -0.05) is 13.8 Å². The molecule has 0 unspecified atom stereocenters. The summed E-state index contributed by atoms with van der Waals surface area (Å²) in [6.45, 7) is 5.19. The van der Waals surface area contributed by atoms with Crippen LogP contribution in [-0.4, -0.2) is 34.6 Å². The Labute approximate surface area is 134 Å². The highest BCUT2D eigenvalue weighted by atomic mass is 32.2. The summed E-state index contributed by atoms with van der Waals surface area (Å²) in [4.78, 5) is 0.0662. The molecule has 9 heteroatoms. The summed E-state index contributed by atoms with van der Waals surface area (Å²) in [5, 5.41) is 8.36. The topological polar surface area (TPSA) is 91.0 Å². The Bertz CT molecular complexity index is 848. The largest absolute Gasteiger partial charge is 0.476 e. The Hall–Kier alpha value is -2.03. The quantitative estimate of drug-likeness (QED) is 0.916. The fourth-order valence-corrected chi connectivity index (χ4v) is 3.84. The third-order valence-corrected chi connectivity index (χ3v) is 5.37. The average Bonchev–Trinajstić information content (AvgIpc) is 3.05. The van der Waals surface area contributed by atoms with Gasteiger partial charge in [-0.05, 0) is 12.8 Å². The van der Waals surface area contributed by atoms with E-state index in [1.54, 1.807) is 21.6 Å². The van der Waals surface area contributed by atoms with E-state index in [1.165, 1.54) is 6.20 Å². The van der Waals surface area contributed by atoms with Crippen molar-refractivity contribution in [1.82, 2.24) is 19.6 Å². The second kappa shape index (κ2) is 4.73. The fourth-order valence-electron chi connectivity index (χ4n) is 2.71. The summed E-state index contributed by atoms with van der Waals surface area (Å²) in [6.07, 6.45) is 5.00. The molecule has 4 rings (SSSR count). The van der Waals surface area contributed by atoms with Gasteiger partial charge in [0.05, 0.1) is 31.6 Å². The smallest absolute Gasteiger partial charge is 0.270 e. The molecule has 2 aromatic heterocycles. The van der Waals surface area contributed by atoms with E-state index in [2.05, 4.69) is 28.8 Å². The van der Waals surface area contributed by atoms with E-state index < -0.39 is 10.0 Å². The van der Waals surface area contributed by atoms with Crippen LogP contribution in [0.1, 0.15) is 32.7 Å². The van der Waals surface area contributed by atoms with Crippen molar-refractivity contribution < 1.29 is 13.2 Å². The lowest BCUT2D eigenvalue weighted by molar-refractivity contribution is 0.0971. The van der Waals surface area contributed by atoms with Crippen LogP contribution < -0.4 is 9.46 Å². The summed E-state index contributed by atoms with van der Waals surface area (Å²) in [7, 11) is -3.77. The number of anilines is 1. The zero-order valence-corrected chi connectivity index (χ0v) is 13.9. The summed E-state index contributed by atoms with van der Waals surface area (Å²) in [5.41, 5.74) is -0.0714. The lowest BCUT2D eigenvalue weighted by Gasteiger charge is -2.30. The molecule has 2 aliphatic rings. The van der Waals surface area contributed by atoms with Gasteiger partial charge in [-0.25, -0.2) is 17.8 Å². The monoisotopic (exact) mass is 337 g/mol. The Morgan fingerprint density at radius 3 is 2.87 bits per heavy atom. The maximum Gasteiger partial charge on any atom is 0.270 e. The van der Waals surface area contributed by atoms with Crippen molar-refractivity contribution in [3.05, 3.63) is 18.5 Å². The number of nitrogens with zero attached hydrogens (tertiary/aromatic N) is 4. The van der Waals surface area contributed by atoms with Crippen molar-refractivity contribution in [3.8, 4) is 5.88 Å². The summed E-state index contributed by atoms with van der Waals surface area (Å²) >= 11 is 0. The molecule has 0 saturated heterocycles. The first-order valence-corrected chi connectivity index (χ1v) is 9.09. The predicted octanol–water partition coefficient (Wildman–Crippen LogP) is 1.63. The Kier molecular flexibility index (Phi) is 2.99. The van der Waals surface area contributed by atoms with Crippen LogP contribution in [0.4, 0.5) is 5.82 Å². The van der Waals surface area contributed by atoms with E-state index in [0.29, 0.717) is 30.9 Å². The van der Waals surface area contributed by atoms with Gasteiger partial charge in [0.25, 0.3) is 10.0 Å². The first kappa shape index (κ1) is 14.6. The molecule has 1 fully saturated rings. The van der Waals surface area contributed by atoms with Gasteiger partial charge in [0.15, 0.2) is 4.90 Å². The van der Waals surface area contributed by atoms with Gasteiger partial charge in [0.1, 0.15) is 5.82 Å². The van der Waals surface area contributed by atoms with Crippen molar-refractivity contribution in [2.45, 2.75) is 44.2 Å². The molecule has 124 valence electrons. The van der Waals surface area contributed by atoms with Crippen molar-refractivity contribution in [3.63, 3.8) is 0 Å². The van der Waals surface area contributed by atoms with Crippen LogP contribution in [0.5, 0.6) is 5.88 Å². The van der Waals surface area contributed by atoms with Crippen molar-refractivity contribution in [1.29, 1.82) is 0 Å². The molecule has 1 aliphatic carbocycles. The molecule has 0 amide bonds. The third-order valence-electron chi connectivity index (χ3n) is 4.03. The molecule has 1 N–H and O–H groups in total. The number of hydrogen-bond donors (Lipinski definition) is 1. The first-order valence-electron chi connectivity index (χ1n) is 7.61. The van der Waals surface area contributed by atoms with Gasteiger partial charge in [-0.3, -0.25) is 4.72 Å². The minimum absolute atomic E-state index is 0.0662. The maximum atomic E-state index is 12.7. The number of aromatic nitrogens is 4. The summed E-state index contributed by atoms with van der Waals surface area (Å²) < 4.78 is 37.0. The molecule has 3 heterocycles. The first-order chi connectivity index (χ1) is 10.9. The van der Waals surface area contributed by atoms with Crippen LogP contribution in [0.25, 0.3) is 0 Å². The fraction of sp³-hybridized carbons (Fsp3) is 0.571. The van der Waals surface area contributed by atoms with Crippen LogP contribution in [0.2, 0.25) is 0 Å². The van der Waals surface area contributed by atoms with Gasteiger partial charge in [-0.2, -0.15) is 10.2 Å². The van der Waals surface area contributed by atoms with Gasteiger partial charge < -0.3 is 4.74 Å². The SMILES string of the molecule is CC1(C)COc2c(S(=O)(=O)Nc3ccnn3C3CC3)cnn2C1. The number of rotatable bonds is 4. The van der Waals surface area contributed by atoms with E-state index in [0.717, 1.165) is 12.8 Å². The summed E-state index contributed by atoms with van der Waals surface area (Å²) in [6, 6.07) is 1.95. The average molecular weight is 337 g/mol. The number of fused-ring (bicyclic) bond motifs is 1. The van der Waals surface area contributed by atoms with Crippen LogP contribution in [-0.2, 0) is 16.6 Å². The van der Waals surface area contributed by atoms with Crippen molar-refractivity contribution in [2.24, 2.45) is 5.41 Å². The van der Waals surface area contributed by atoms with Crippen LogP contribution in [0, 0.1) is 5.41 Å². The van der Waals surface area contributed by atoms with Crippen LogP contribution in [0.3, 0.4) is 0 Å². The van der Waals surface area contributed by atoms with E-state index in [9.17, 15) is 8.42 Å². The summed E-state index contributed by atoms with van der Waals surface area (Å²) in [5.74, 6) is 0.776. The molecule has 1 saturated carbocycles. The number of nitrogens with one attached hydrogen (secondary N) is 1. The maximum absolute atomic E-state index is 12.7. The van der Waals surface area contributed by atoms with Gasteiger partial charge in [0.2, 0.25) is 5.88 Å². The second-order valence-electron chi connectivity index (χ2n) is 6.92. The standard InChI is InChI=1S/C14H19N5O3S/c1-14(2)8-18-13(22-9-14)11(7-16-18)23(20,21)17-12-5-6-15-19(12)10-3-4-10/h5-7,10,17H,3-4,8-9H2,1-2H3. The zero-order valence-electron chi connectivity index (χ0n) is 13.1. The Morgan fingerprint density at radius 2 is 2.13 bits per heavy atom. The number of hydrogen-bond acceptors (Lipinski definition) is 5. The molecular weight excluding hydrogens is 318 g/mol. The molecule has 0 radical (unpaired) electrons. The Morgan fingerprint density at radius 1 is 1.35 bits per heavy atom. The highest BCUT2D eigenvalue weighted by Crippen LogP contribution is 2.38. The van der Waals surface area contributed by atoms with E-state index in [4.69, 9.17) is 4.74 Å². The molecule has 23 heavy (non-hydrogen) atoms. The van der Waals surface area contributed by atoms with Crippen LogP contribution in [0.15, 0.2) is 23.4 Å². The number of sulfonamides is 1. The van der Waals surface area contributed by atoms with Gasteiger partial charge in [-0.15, -0.1) is 0 Å². The number of ether oxygens (including phenoxy) is 1. The zero-order chi connectivity index (χ0) is 16.2. The second-order valence-corrected chi connectivity index (χ2v) is 8.57. The molecule has 0 aromatic carbocycles. The molecule has 2 aromatic rings. The molecule has 0 spiro atoms. The Balaban J connectivity index is 1.65. The van der Waals surface area contributed by atoms with Crippen molar-refractivity contribution >= 4 is 15.8 Å². The normalized spacial score (nSPS) is 19.9. The molecule has 1 aliphatic heterocycles. The lowest BCUT2D eigenvalue weighted by atomic mass is 9.94. The molecular formula is C14H19N5O3S. The molecule has 8 nitrogen and oxygen atoms in total.